The SMILES string of the molecule is CCCCC(CCO)Nc1nc(N)nc(C)c1Cc1ccc(OCCCNCCO)cc1OC. The number of nitrogen functional groups attached to an aromatic ring is 1. The lowest BCUT2D eigenvalue weighted by atomic mass is 10.0. The van der Waals surface area contributed by atoms with Crippen molar-refractivity contribution in [3.05, 3.63) is 35.0 Å². The fourth-order valence-electron chi connectivity index (χ4n) is 3.78. The van der Waals surface area contributed by atoms with E-state index in [4.69, 9.17) is 20.3 Å². The number of nitrogens with one attached hydrogen (secondary N) is 2. The Hall–Kier alpha value is -2.62. The average Bonchev–Trinajstić information content (AvgIpc) is 2.82. The van der Waals surface area contributed by atoms with E-state index in [-0.39, 0.29) is 25.2 Å². The molecule has 0 saturated heterocycles. The number of rotatable bonds is 17. The van der Waals surface area contributed by atoms with Gasteiger partial charge < -0.3 is 36.1 Å². The molecule has 0 bridgehead atoms. The maximum atomic E-state index is 9.50. The molecule has 0 spiro atoms. The van der Waals surface area contributed by atoms with Crippen molar-refractivity contribution in [2.75, 3.05) is 51.1 Å². The van der Waals surface area contributed by atoms with E-state index in [1.807, 2.05) is 25.1 Å². The van der Waals surface area contributed by atoms with Crippen LogP contribution in [0.3, 0.4) is 0 Å². The second kappa shape index (κ2) is 15.3. The van der Waals surface area contributed by atoms with Crippen LogP contribution in [-0.2, 0) is 6.42 Å². The largest absolute Gasteiger partial charge is 0.496 e. The lowest BCUT2D eigenvalue weighted by Gasteiger charge is -2.22. The fraction of sp³-hybridized carbons (Fsp3) is 0.600. The van der Waals surface area contributed by atoms with Gasteiger partial charge in [-0.05, 0) is 44.4 Å². The zero-order valence-electron chi connectivity index (χ0n) is 20.8. The van der Waals surface area contributed by atoms with E-state index < -0.39 is 0 Å². The van der Waals surface area contributed by atoms with Gasteiger partial charge in [-0.2, -0.15) is 4.98 Å². The summed E-state index contributed by atoms with van der Waals surface area (Å²) in [5.41, 5.74) is 8.72. The number of unbranched alkanes of at least 4 members (excludes halogenated alkanes) is 1. The maximum absolute atomic E-state index is 9.50. The van der Waals surface area contributed by atoms with Gasteiger partial charge >= 0.3 is 0 Å². The van der Waals surface area contributed by atoms with Gasteiger partial charge in [0.05, 0.1) is 20.3 Å². The molecule has 0 amide bonds. The molecule has 9 nitrogen and oxygen atoms in total. The molecule has 9 heteroatoms. The van der Waals surface area contributed by atoms with Gasteiger partial charge in [0, 0.05) is 42.9 Å². The predicted molar refractivity (Wildman–Crippen MR) is 136 cm³/mol. The van der Waals surface area contributed by atoms with Gasteiger partial charge in [0.1, 0.15) is 17.3 Å². The van der Waals surface area contributed by atoms with Crippen LogP contribution in [0.4, 0.5) is 11.8 Å². The number of nitrogens with zero attached hydrogens (tertiary/aromatic N) is 2. The molecule has 0 radical (unpaired) electrons. The highest BCUT2D eigenvalue weighted by molar-refractivity contribution is 5.54. The lowest BCUT2D eigenvalue weighted by molar-refractivity contribution is 0.276. The number of aliphatic hydroxyl groups is 2. The van der Waals surface area contributed by atoms with Crippen LogP contribution in [0.5, 0.6) is 11.5 Å². The van der Waals surface area contributed by atoms with Crippen molar-refractivity contribution >= 4 is 11.8 Å². The third-order valence-electron chi connectivity index (χ3n) is 5.64. The molecule has 190 valence electrons. The van der Waals surface area contributed by atoms with Gasteiger partial charge in [0.25, 0.3) is 0 Å². The Balaban J connectivity index is 2.16. The molecule has 34 heavy (non-hydrogen) atoms. The van der Waals surface area contributed by atoms with Crippen molar-refractivity contribution < 1.29 is 19.7 Å². The van der Waals surface area contributed by atoms with Gasteiger partial charge in [0.2, 0.25) is 5.95 Å². The highest BCUT2D eigenvalue weighted by Crippen LogP contribution is 2.30. The van der Waals surface area contributed by atoms with Gasteiger partial charge in [-0.15, -0.1) is 0 Å². The monoisotopic (exact) mass is 475 g/mol. The summed E-state index contributed by atoms with van der Waals surface area (Å²) >= 11 is 0. The van der Waals surface area contributed by atoms with E-state index in [0.29, 0.717) is 31.8 Å². The van der Waals surface area contributed by atoms with Crippen molar-refractivity contribution in [1.82, 2.24) is 15.3 Å². The molecule has 1 unspecified atom stereocenters. The van der Waals surface area contributed by atoms with E-state index in [1.54, 1.807) is 7.11 Å². The van der Waals surface area contributed by atoms with Crippen LogP contribution < -0.4 is 25.8 Å². The van der Waals surface area contributed by atoms with Crippen LogP contribution >= 0.6 is 0 Å². The zero-order chi connectivity index (χ0) is 24.8. The smallest absolute Gasteiger partial charge is 0.222 e. The number of hydrogen-bond donors (Lipinski definition) is 5. The van der Waals surface area contributed by atoms with Crippen molar-refractivity contribution in [2.45, 2.75) is 58.4 Å². The Kier molecular flexibility index (Phi) is 12.4. The Morgan fingerprint density at radius 2 is 1.91 bits per heavy atom. The predicted octanol–water partition coefficient (Wildman–Crippen LogP) is 2.67. The number of methoxy groups -OCH3 is 1. The fourth-order valence-corrected chi connectivity index (χ4v) is 3.78. The molecule has 0 saturated carbocycles. The Morgan fingerprint density at radius 3 is 2.62 bits per heavy atom. The van der Waals surface area contributed by atoms with Crippen LogP contribution in [0.15, 0.2) is 18.2 Å². The molecule has 0 fully saturated rings. The third-order valence-corrected chi connectivity index (χ3v) is 5.64. The summed E-state index contributed by atoms with van der Waals surface area (Å²) in [7, 11) is 1.65. The summed E-state index contributed by atoms with van der Waals surface area (Å²) in [5, 5.41) is 24.9. The molecule has 2 aromatic rings. The van der Waals surface area contributed by atoms with Crippen LogP contribution in [0.25, 0.3) is 0 Å². The van der Waals surface area contributed by atoms with Crippen LogP contribution in [0.2, 0.25) is 0 Å². The van der Waals surface area contributed by atoms with Crippen LogP contribution in [0, 0.1) is 6.92 Å². The number of hydrogen-bond acceptors (Lipinski definition) is 9. The topological polar surface area (TPSA) is 135 Å². The van der Waals surface area contributed by atoms with Gasteiger partial charge in [-0.3, -0.25) is 0 Å². The molecule has 1 atom stereocenters. The molecule has 2 rings (SSSR count). The molecule has 0 aliphatic carbocycles. The minimum Gasteiger partial charge on any atom is -0.496 e. The molecule has 1 aromatic carbocycles. The summed E-state index contributed by atoms with van der Waals surface area (Å²) < 4.78 is 11.5. The molecule has 0 aliphatic heterocycles. The molecule has 1 aromatic heterocycles. The van der Waals surface area contributed by atoms with E-state index in [0.717, 1.165) is 60.5 Å². The number of anilines is 2. The highest BCUT2D eigenvalue weighted by Gasteiger charge is 2.17. The summed E-state index contributed by atoms with van der Waals surface area (Å²) in [6.07, 6.45) is 5.17. The number of aryl methyl sites for hydroxylation is 1. The number of aliphatic hydroxyl groups excluding tert-OH is 2. The van der Waals surface area contributed by atoms with Crippen LogP contribution in [-0.4, -0.2) is 66.2 Å². The highest BCUT2D eigenvalue weighted by atomic mass is 16.5. The summed E-state index contributed by atoms with van der Waals surface area (Å²) in [5.74, 6) is 2.41. The quantitative estimate of drug-likeness (QED) is 0.219. The van der Waals surface area contributed by atoms with Crippen LogP contribution in [0.1, 0.15) is 55.8 Å². The molecular weight excluding hydrogens is 434 g/mol. The molecule has 0 aliphatic rings. The second-order valence-electron chi connectivity index (χ2n) is 8.32. The molecule has 6 N–H and O–H groups in total. The zero-order valence-corrected chi connectivity index (χ0v) is 20.8. The average molecular weight is 476 g/mol. The second-order valence-corrected chi connectivity index (χ2v) is 8.32. The van der Waals surface area contributed by atoms with E-state index >= 15 is 0 Å². The first-order chi connectivity index (χ1) is 16.5. The van der Waals surface area contributed by atoms with Crippen molar-refractivity contribution in [1.29, 1.82) is 0 Å². The van der Waals surface area contributed by atoms with Gasteiger partial charge in [0.15, 0.2) is 0 Å². The number of benzene rings is 1. The molecule has 1 heterocycles. The number of ether oxygens (including phenoxy) is 2. The minimum atomic E-state index is 0.113. The Bertz CT molecular complexity index is 865. The van der Waals surface area contributed by atoms with E-state index in [2.05, 4.69) is 27.5 Å². The first kappa shape index (κ1) is 27.6. The van der Waals surface area contributed by atoms with Crippen molar-refractivity contribution in [3.8, 4) is 11.5 Å². The number of nitrogens with two attached hydrogens (primary N) is 1. The van der Waals surface area contributed by atoms with E-state index in [1.165, 1.54) is 0 Å². The van der Waals surface area contributed by atoms with Crippen molar-refractivity contribution in [2.24, 2.45) is 0 Å². The normalized spacial score (nSPS) is 11.9. The first-order valence-electron chi connectivity index (χ1n) is 12.1. The Labute approximate surface area is 203 Å². The molecular formula is C25H41N5O4. The summed E-state index contributed by atoms with van der Waals surface area (Å²) in [6, 6.07) is 5.95. The summed E-state index contributed by atoms with van der Waals surface area (Å²) in [4.78, 5) is 8.87. The summed E-state index contributed by atoms with van der Waals surface area (Å²) in [6.45, 7) is 6.29. The third kappa shape index (κ3) is 8.96. The number of aromatic nitrogens is 2. The van der Waals surface area contributed by atoms with Crippen molar-refractivity contribution in [3.63, 3.8) is 0 Å². The van der Waals surface area contributed by atoms with Gasteiger partial charge in [-0.1, -0.05) is 25.8 Å². The minimum absolute atomic E-state index is 0.113. The Morgan fingerprint density at radius 1 is 1.09 bits per heavy atom. The lowest BCUT2D eigenvalue weighted by Crippen LogP contribution is -2.23. The van der Waals surface area contributed by atoms with Gasteiger partial charge in [-0.25, -0.2) is 4.98 Å². The first-order valence-corrected chi connectivity index (χ1v) is 12.1. The standard InChI is InChI=1S/C25H41N5O4/c1-4-5-7-20(10-13-31)29-24-22(18(2)28-25(26)30-24)16-19-8-9-21(17-23(19)33-3)34-15-6-11-27-12-14-32/h8-9,17,20,27,31-32H,4-7,10-16H2,1-3H3,(H3,26,28,29,30). The van der Waals surface area contributed by atoms with E-state index in [9.17, 15) is 5.11 Å². The maximum Gasteiger partial charge on any atom is 0.222 e.